The molecule has 2 aliphatic carbocycles. The lowest BCUT2D eigenvalue weighted by molar-refractivity contribution is 0.273. The fourth-order valence-electron chi connectivity index (χ4n) is 3.90. The molecule has 1 aromatic heterocycles. The van der Waals surface area contributed by atoms with Gasteiger partial charge in [-0.05, 0) is 43.7 Å². The van der Waals surface area contributed by atoms with Gasteiger partial charge in [-0.1, -0.05) is 31.7 Å². The number of fused-ring (bicyclic) bond motifs is 1. The Kier molecular flexibility index (Phi) is 3.38. The molecule has 2 N–H and O–H groups in total. The minimum atomic E-state index is 0.0139. The zero-order chi connectivity index (χ0) is 12.4. The lowest BCUT2D eigenvalue weighted by Gasteiger charge is -2.39. The van der Waals surface area contributed by atoms with Crippen molar-refractivity contribution in [3.63, 3.8) is 0 Å². The predicted octanol–water partition coefficient (Wildman–Crippen LogP) is 3.55. The van der Waals surface area contributed by atoms with Crippen molar-refractivity contribution in [3.05, 3.63) is 29.6 Å². The number of pyridine rings is 1. The first-order valence-corrected chi connectivity index (χ1v) is 7.52. The Balaban J connectivity index is 1.92. The number of aromatic nitrogens is 1. The molecule has 98 valence electrons. The molecule has 0 saturated heterocycles. The van der Waals surface area contributed by atoms with E-state index in [1.54, 1.807) is 0 Å². The average molecular weight is 244 g/mol. The molecule has 0 aliphatic heterocycles. The van der Waals surface area contributed by atoms with Gasteiger partial charge in [0.25, 0.3) is 0 Å². The van der Waals surface area contributed by atoms with Crippen molar-refractivity contribution < 1.29 is 0 Å². The second kappa shape index (κ2) is 5.00. The van der Waals surface area contributed by atoms with Crippen LogP contribution in [0, 0.1) is 0 Å². The van der Waals surface area contributed by atoms with E-state index < -0.39 is 0 Å². The van der Waals surface area contributed by atoms with Crippen LogP contribution in [0.25, 0.3) is 0 Å². The summed E-state index contributed by atoms with van der Waals surface area (Å²) in [6.45, 7) is 0. The van der Waals surface area contributed by atoms with Crippen LogP contribution >= 0.6 is 0 Å². The SMILES string of the molecule is NC1(C2CCCc3cccnc32)CCCCCC1. The third-order valence-electron chi connectivity index (χ3n) is 4.92. The maximum absolute atomic E-state index is 6.81. The van der Waals surface area contributed by atoms with Crippen LogP contribution in [0.2, 0.25) is 0 Å². The molecule has 1 saturated carbocycles. The third-order valence-corrected chi connectivity index (χ3v) is 4.92. The van der Waals surface area contributed by atoms with Gasteiger partial charge in [-0.2, -0.15) is 0 Å². The number of hydrogen-bond acceptors (Lipinski definition) is 2. The molecule has 2 aliphatic rings. The number of aryl methyl sites for hydroxylation is 1. The fourth-order valence-corrected chi connectivity index (χ4v) is 3.90. The molecule has 0 aromatic carbocycles. The lowest BCUT2D eigenvalue weighted by Crippen LogP contribution is -2.46. The van der Waals surface area contributed by atoms with Crippen molar-refractivity contribution in [3.8, 4) is 0 Å². The van der Waals surface area contributed by atoms with Crippen LogP contribution in [0.4, 0.5) is 0 Å². The normalized spacial score (nSPS) is 27.3. The van der Waals surface area contributed by atoms with Crippen molar-refractivity contribution in [2.24, 2.45) is 5.73 Å². The quantitative estimate of drug-likeness (QED) is 0.767. The first-order chi connectivity index (χ1) is 8.80. The third kappa shape index (κ3) is 2.18. The average Bonchev–Trinajstić information content (AvgIpc) is 2.64. The molecule has 3 rings (SSSR count). The zero-order valence-electron chi connectivity index (χ0n) is 11.2. The Morgan fingerprint density at radius 1 is 1.11 bits per heavy atom. The molecule has 18 heavy (non-hydrogen) atoms. The van der Waals surface area contributed by atoms with Crippen LogP contribution in [0.5, 0.6) is 0 Å². The molecule has 0 spiro atoms. The van der Waals surface area contributed by atoms with Crippen LogP contribution in [0.15, 0.2) is 18.3 Å². The highest BCUT2D eigenvalue weighted by Crippen LogP contribution is 2.42. The van der Waals surface area contributed by atoms with Gasteiger partial charge in [-0.15, -0.1) is 0 Å². The fraction of sp³-hybridized carbons (Fsp3) is 0.688. The van der Waals surface area contributed by atoms with E-state index in [2.05, 4.69) is 17.1 Å². The Bertz CT molecular complexity index is 405. The van der Waals surface area contributed by atoms with Gasteiger partial charge in [0, 0.05) is 23.3 Å². The molecular weight excluding hydrogens is 220 g/mol. The van der Waals surface area contributed by atoms with Crippen LogP contribution in [-0.2, 0) is 6.42 Å². The molecule has 0 bridgehead atoms. The summed E-state index contributed by atoms with van der Waals surface area (Å²) in [7, 11) is 0. The second-order valence-electron chi connectivity index (χ2n) is 6.14. The minimum absolute atomic E-state index is 0.0139. The van der Waals surface area contributed by atoms with E-state index in [1.165, 1.54) is 69.0 Å². The van der Waals surface area contributed by atoms with Crippen LogP contribution < -0.4 is 5.73 Å². The molecule has 0 amide bonds. The van der Waals surface area contributed by atoms with Crippen molar-refractivity contribution in [2.75, 3.05) is 0 Å². The van der Waals surface area contributed by atoms with Gasteiger partial charge in [-0.3, -0.25) is 4.98 Å². The Morgan fingerprint density at radius 2 is 1.89 bits per heavy atom. The number of nitrogens with two attached hydrogens (primary N) is 1. The summed E-state index contributed by atoms with van der Waals surface area (Å²) in [6.07, 6.45) is 13.4. The van der Waals surface area contributed by atoms with E-state index in [1.807, 2.05) is 6.20 Å². The van der Waals surface area contributed by atoms with Gasteiger partial charge >= 0.3 is 0 Å². The van der Waals surface area contributed by atoms with Gasteiger partial charge in [0.05, 0.1) is 0 Å². The van der Waals surface area contributed by atoms with Crippen molar-refractivity contribution in [2.45, 2.75) is 69.2 Å². The molecule has 1 atom stereocenters. The zero-order valence-corrected chi connectivity index (χ0v) is 11.2. The van der Waals surface area contributed by atoms with Crippen molar-refractivity contribution in [1.82, 2.24) is 4.98 Å². The van der Waals surface area contributed by atoms with Crippen molar-refractivity contribution in [1.29, 1.82) is 0 Å². The maximum atomic E-state index is 6.81. The summed E-state index contributed by atoms with van der Waals surface area (Å²) in [5.41, 5.74) is 9.58. The van der Waals surface area contributed by atoms with E-state index in [0.29, 0.717) is 5.92 Å². The minimum Gasteiger partial charge on any atom is -0.324 e. The number of rotatable bonds is 1. The molecule has 1 fully saturated rings. The van der Waals surface area contributed by atoms with Gasteiger partial charge < -0.3 is 5.73 Å². The monoisotopic (exact) mass is 244 g/mol. The van der Waals surface area contributed by atoms with Gasteiger partial charge in [0.2, 0.25) is 0 Å². The lowest BCUT2D eigenvalue weighted by atomic mass is 9.70. The molecule has 1 aromatic rings. The van der Waals surface area contributed by atoms with Gasteiger partial charge in [-0.25, -0.2) is 0 Å². The van der Waals surface area contributed by atoms with E-state index in [0.717, 1.165) is 0 Å². The molecular formula is C16H24N2. The summed E-state index contributed by atoms with van der Waals surface area (Å²) in [5, 5.41) is 0. The Morgan fingerprint density at radius 3 is 2.67 bits per heavy atom. The smallest absolute Gasteiger partial charge is 0.0484 e. The Hall–Kier alpha value is -0.890. The van der Waals surface area contributed by atoms with E-state index in [9.17, 15) is 0 Å². The second-order valence-corrected chi connectivity index (χ2v) is 6.14. The number of nitrogens with zero attached hydrogens (tertiary/aromatic N) is 1. The van der Waals surface area contributed by atoms with E-state index in [4.69, 9.17) is 5.73 Å². The first-order valence-electron chi connectivity index (χ1n) is 7.52. The predicted molar refractivity (Wildman–Crippen MR) is 74.5 cm³/mol. The molecule has 2 heteroatoms. The first kappa shape index (κ1) is 12.2. The van der Waals surface area contributed by atoms with E-state index in [-0.39, 0.29) is 5.54 Å². The highest BCUT2D eigenvalue weighted by molar-refractivity contribution is 5.29. The van der Waals surface area contributed by atoms with Gasteiger partial charge in [0.1, 0.15) is 0 Å². The summed E-state index contributed by atoms with van der Waals surface area (Å²) in [5.74, 6) is 0.501. The summed E-state index contributed by atoms with van der Waals surface area (Å²) in [4.78, 5) is 4.67. The number of hydrogen-bond donors (Lipinski definition) is 1. The summed E-state index contributed by atoms with van der Waals surface area (Å²) in [6, 6.07) is 4.31. The van der Waals surface area contributed by atoms with E-state index >= 15 is 0 Å². The van der Waals surface area contributed by atoms with Crippen LogP contribution in [0.1, 0.15) is 68.5 Å². The van der Waals surface area contributed by atoms with Gasteiger partial charge in [0.15, 0.2) is 0 Å². The largest absolute Gasteiger partial charge is 0.324 e. The van der Waals surface area contributed by atoms with Crippen LogP contribution in [0.3, 0.4) is 0 Å². The summed E-state index contributed by atoms with van der Waals surface area (Å²) < 4.78 is 0. The highest BCUT2D eigenvalue weighted by Gasteiger charge is 2.38. The maximum Gasteiger partial charge on any atom is 0.0484 e. The topological polar surface area (TPSA) is 38.9 Å². The Labute approximate surface area is 110 Å². The highest BCUT2D eigenvalue weighted by atomic mass is 14.8. The van der Waals surface area contributed by atoms with Crippen LogP contribution in [-0.4, -0.2) is 10.5 Å². The molecule has 1 unspecified atom stereocenters. The molecule has 1 heterocycles. The summed E-state index contributed by atoms with van der Waals surface area (Å²) >= 11 is 0. The standard InChI is InChI=1S/C16H24N2/c17-16(10-3-1-2-4-11-16)14-9-5-7-13-8-6-12-18-15(13)14/h6,8,12,14H,1-5,7,9-11,17H2. The van der Waals surface area contributed by atoms with Crippen molar-refractivity contribution >= 4 is 0 Å². The molecule has 0 radical (unpaired) electrons. The molecule has 2 nitrogen and oxygen atoms in total.